The quantitative estimate of drug-likeness (QED) is 0.662. The molecule has 2 aromatic rings. The Kier molecular flexibility index (Phi) is 3.47. The van der Waals surface area contributed by atoms with Gasteiger partial charge in [-0.15, -0.1) is 0 Å². The monoisotopic (exact) mass is 247 g/mol. The van der Waals surface area contributed by atoms with Crippen LogP contribution < -0.4 is 10.1 Å². The van der Waals surface area contributed by atoms with Crippen LogP contribution in [0.3, 0.4) is 0 Å². The Bertz CT molecular complexity index is 558. The molecule has 92 valence electrons. The SMILES string of the molecule is COc1ccc(Nc2ccc(C=O)c(F)n2)cn1. The summed E-state index contributed by atoms with van der Waals surface area (Å²) in [6, 6.07) is 6.25. The second-order valence-electron chi connectivity index (χ2n) is 3.41. The summed E-state index contributed by atoms with van der Waals surface area (Å²) >= 11 is 0. The Labute approximate surface area is 103 Å². The highest BCUT2D eigenvalue weighted by molar-refractivity contribution is 5.75. The van der Waals surface area contributed by atoms with E-state index in [4.69, 9.17) is 4.74 Å². The third-order valence-electron chi connectivity index (χ3n) is 2.22. The van der Waals surface area contributed by atoms with Crippen LogP contribution in [0.2, 0.25) is 0 Å². The second-order valence-corrected chi connectivity index (χ2v) is 3.41. The summed E-state index contributed by atoms with van der Waals surface area (Å²) in [5.41, 5.74) is 0.565. The third kappa shape index (κ3) is 2.60. The number of nitrogens with zero attached hydrogens (tertiary/aromatic N) is 2. The number of carbonyl (C=O) groups excluding carboxylic acids is 1. The summed E-state index contributed by atoms with van der Waals surface area (Å²) in [4.78, 5) is 18.0. The van der Waals surface area contributed by atoms with Gasteiger partial charge in [0.1, 0.15) is 5.82 Å². The number of carbonyl (C=O) groups is 1. The minimum Gasteiger partial charge on any atom is -0.481 e. The smallest absolute Gasteiger partial charge is 0.225 e. The fourth-order valence-corrected chi connectivity index (χ4v) is 1.33. The first-order chi connectivity index (χ1) is 8.72. The molecule has 0 aliphatic carbocycles. The maximum atomic E-state index is 13.3. The topological polar surface area (TPSA) is 64.1 Å². The first-order valence-corrected chi connectivity index (χ1v) is 5.11. The number of halogens is 1. The van der Waals surface area contributed by atoms with Crippen LogP contribution in [0, 0.1) is 5.95 Å². The Morgan fingerprint density at radius 3 is 2.72 bits per heavy atom. The minimum absolute atomic E-state index is 0.0756. The van der Waals surface area contributed by atoms with Gasteiger partial charge in [0.05, 0.1) is 24.6 Å². The molecule has 2 heterocycles. The van der Waals surface area contributed by atoms with E-state index in [1.165, 1.54) is 25.4 Å². The van der Waals surface area contributed by atoms with Gasteiger partial charge in [0.2, 0.25) is 11.8 Å². The average molecular weight is 247 g/mol. The summed E-state index contributed by atoms with van der Waals surface area (Å²) in [7, 11) is 1.52. The molecule has 0 radical (unpaired) electrons. The number of hydrogen-bond donors (Lipinski definition) is 1. The van der Waals surface area contributed by atoms with Crippen molar-refractivity contribution in [1.29, 1.82) is 0 Å². The average Bonchev–Trinajstić information content (AvgIpc) is 2.40. The minimum atomic E-state index is -0.809. The summed E-state index contributed by atoms with van der Waals surface area (Å²) in [6.45, 7) is 0. The van der Waals surface area contributed by atoms with Gasteiger partial charge in [-0.05, 0) is 18.2 Å². The zero-order chi connectivity index (χ0) is 13.0. The summed E-state index contributed by atoms with van der Waals surface area (Å²) in [5, 5.41) is 2.86. The summed E-state index contributed by atoms with van der Waals surface area (Å²) in [5.74, 6) is -0.0301. The van der Waals surface area contributed by atoms with Crippen molar-refractivity contribution in [2.24, 2.45) is 0 Å². The van der Waals surface area contributed by atoms with Gasteiger partial charge in [-0.3, -0.25) is 4.79 Å². The zero-order valence-corrected chi connectivity index (χ0v) is 9.55. The van der Waals surface area contributed by atoms with E-state index in [2.05, 4.69) is 15.3 Å². The number of hydrogen-bond acceptors (Lipinski definition) is 5. The molecule has 0 unspecified atom stereocenters. The molecule has 0 aromatic carbocycles. The molecule has 0 spiro atoms. The predicted molar refractivity (Wildman–Crippen MR) is 63.7 cm³/mol. The normalized spacial score (nSPS) is 9.89. The van der Waals surface area contributed by atoms with Gasteiger partial charge in [0, 0.05) is 6.07 Å². The first kappa shape index (κ1) is 12.0. The van der Waals surface area contributed by atoms with E-state index >= 15 is 0 Å². The maximum Gasteiger partial charge on any atom is 0.225 e. The Balaban J connectivity index is 2.17. The van der Waals surface area contributed by atoms with Gasteiger partial charge in [-0.1, -0.05) is 0 Å². The van der Waals surface area contributed by atoms with Crippen LogP contribution in [0.5, 0.6) is 5.88 Å². The highest BCUT2D eigenvalue weighted by Gasteiger charge is 2.04. The van der Waals surface area contributed by atoms with Crippen molar-refractivity contribution in [3.05, 3.63) is 42.0 Å². The number of rotatable bonds is 4. The molecule has 0 fully saturated rings. The van der Waals surface area contributed by atoms with E-state index in [9.17, 15) is 9.18 Å². The maximum absolute atomic E-state index is 13.3. The molecular weight excluding hydrogens is 237 g/mol. The zero-order valence-electron chi connectivity index (χ0n) is 9.55. The lowest BCUT2D eigenvalue weighted by molar-refractivity contribution is 0.111. The van der Waals surface area contributed by atoms with Crippen molar-refractivity contribution in [3.63, 3.8) is 0 Å². The number of aromatic nitrogens is 2. The van der Waals surface area contributed by atoms with Crippen molar-refractivity contribution in [3.8, 4) is 5.88 Å². The predicted octanol–water partition coefficient (Wildman–Crippen LogP) is 2.18. The van der Waals surface area contributed by atoms with Crippen molar-refractivity contribution in [1.82, 2.24) is 9.97 Å². The molecule has 0 atom stereocenters. The van der Waals surface area contributed by atoms with Crippen LogP contribution in [0.15, 0.2) is 30.5 Å². The molecule has 6 heteroatoms. The first-order valence-electron chi connectivity index (χ1n) is 5.11. The van der Waals surface area contributed by atoms with Crippen LogP contribution in [-0.4, -0.2) is 23.4 Å². The van der Waals surface area contributed by atoms with Crippen molar-refractivity contribution < 1.29 is 13.9 Å². The van der Waals surface area contributed by atoms with E-state index in [1.54, 1.807) is 12.1 Å². The number of aldehydes is 1. The molecule has 0 aliphatic heterocycles. The van der Waals surface area contributed by atoms with Gasteiger partial charge in [0.15, 0.2) is 6.29 Å². The van der Waals surface area contributed by atoms with Gasteiger partial charge in [-0.2, -0.15) is 4.39 Å². The number of pyridine rings is 2. The largest absolute Gasteiger partial charge is 0.481 e. The molecule has 0 saturated heterocycles. The fourth-order valence-electron chi connectivity index (χ4n) is 1.33. The standard InChI is InChI=1S/C12H10FN3O2/c1-18-11-5-3-9(6-14-11)15-10-4-2-8(7-17)12(13)16-10/h2-7H,1H3,(H,15,16). The molecule has 5 nitrogen and oxygen atoms in total. The molecule has 1 N–H and O–H groups in total. The highest BCUT2D eigenvalue weighted by Crippen LogP contribution is 2.16. The summed E-state index contributed by atoms with van der Waals surface area (Å²) in [6.07, 6.45) is 1.95. The van der Waals surface area contributed by atoms with Gasteiger partial charge < -0.3 is 10.1 Å². The van der Waals surface area contributed by atoms with Gasteiger partial charge >= 0.3 is 0 Å². The highest BCUT2D eigenvalue weighted by atomic mass is 19.1. The molecular formula is C12H10FN3O2. The Morgan fingerprint density at radius 2 is 2.17 bits per heavy atom. The molecule has 2 rings (SSSR count). The Morgan fingerprint density at radius 1 is 1.33 bits per heavy atom. The number of nitrogens with one attached hydrogen (secondary N) is 1. The van der Waals surface area contributed by atoms with Crippen LogP contribution in [0.25, 0.3) is 0 Å². The van der Waals surface area contributed by atoms with E-state index in [1.807, 2.05) is 0 Å². The van der Waals surface area contributed by atoms with E-state index < -0.39 is 5.95 Å². The van der Waals surface area contributed by atoms with E-state index in [-0.39, 0.29) is 5.56 Å². The van der Waals surface area contributed by atoms with Crippen molar-refractivity contribution in [2.45, 2.75) is 0 Å². The number of methoxy groups -OCH3 is 1. The lowest BCUT2D eigenvalue weighted by Gasteiger charge is -2.06. The Hall–Kier alpha value is -2.50. The number of ether oxygens (including phenoxy) is 1. The fraction of sp³-hybridized carbons (Fsp3) is 0.0833. The third-order valence-corrected chi connectivity index (χ3v) is 2.22. The lowest BCUT2D eigenvalue weighted by Crippen LogP contribution is -1.99. The van der Waals surface area contributed by atoms with Crippen molar-refractivity contribution in [2.75, 3.05) is 12.4 Å². The van der Waals surface area contributed by atoms with E-state index in [0.29, 0.717) is 23.7 Å². The summed E-state index contributed by atoms with van der Waals surface area (Å²) < 4.78 is 18.2. The van der Waals surface area contributed by atoms with Crippen LogP contribution in [-0.2, 0) is 0 Å². The molecule has 0 bridgehead atoms. The van der Waals surface area contributed by atoms with Crippen molar-refractivity contribution >= 4 is 17.8 Å². The number of anilines is 2. The van der Waals surface area contributed by atoms with E-state index in [0.717, 1.165) is 0 Å². The second kappa shape index (κ2) is 5.22. The molecule has 0 aliphatic rings. The van der Waals surface area contributed by atoms with Crippen LogP contribution >= 0.6 is 0 Å². The van der Waals surface area contributed by atoms with Gasteiger partial charge in [-0.25, -0.2) is 9.97 Å². The molecule has 0 saturated carbocycles. The van der Waals surface area contributed by atoms with Crippen LogP contribution in [0.4, 0.5) is 15.9 Å². The molecule has 18 heavy (non-hydrogen) atoms. The molecule has 0 amide bonds. The lowest BCUT2D eigenvalue weighted by atomic mass is 10.3. The van der Waals surface area contributed by atoms with Crippen LogP contribution in [0.1, 0.15) is 10.4 Å². The van der Waals surface area contributed by atoms with Gasteiger partial charge in [0.25, 0.3) is 0 Å². The molecule has 2 aromatic heterocycles.